The Bertz CT molecular complexity index is 302. The number of aliphatic imine (C=N–C) groups is 1. The van der Waals surface area contributed by atoms with Gasteiger partial charge < -0.3 is 5.73 Å². The number of nitrogens with two attached hydrogens (primary N) is 1. The Kier molecular flexibility index (Phi) is 1.39. The van der Waals surface area contributed by atoms with Gasteiger partial charge in [-0.25, -0.2) is 0 Å². The molecule has 56 valence electrons. The maximum absolute atomic E-state index is 5.78. The van der Waals surface area contributed by atoms with Crippen molar-refractivity contribution in [2.75, 3.05) is 5.73 Å². The Hall–Kier alpha value is -1.31. The topological polar surface area (TPSA) is 38.4 Å². The van der Waals surface area contributed by atoms with Crippen LogP contribution >= 0.6 is 0 Å². The molecule has 0 aromatic heterocycles. The molecule has 0 unspecified atom stereocenters. The van der Waals surface area contributed by atoms with Crippen LogP contribution in [0.3, 0.4) is 0 Å². The van der Waals surface area contributed by atoms with Crippen LogP contribution in [-0.2, 0) is 13.0 Å². The molecule has 2 N–H and O–H groups in total. The van der Waals surface area contributed by atoms with Gasteiger partial charge in [0.2, 0.25) is 0 Å². The Morgan fingerprint density at radius 3 is 3.09 bits per heavy atom. The molecule has 0 aliphatic carbocycles. The van der Waals surface area contributed by atoms with Crippen molar-refractivity contribution in [3.8, 4) is 0 Å². The zero-order valence-corrected chi connectivity index (χ0v) is 6.25. The number of nitrogen functional groups attached to an aromatic ring is 1. The molecule has 1 aliphatic rings. The van der Waals surface area contributed by atoms with Gasteiger partial charge in [-0.1, -0.05) is 12.1 Å². The molecule has 0 spiro atoms. The molecular formula is C9H10N2. The summed E-state index contributed by atoms with van der Waals surface area (Å²) in [6.07, 6.45) is 2.82. The van der Waals surface area contributed by atoms with Crippen LogP contribution in [0, 0.1) is 0 Å². The Morgan fingerprint density at radius 1 is 1.36 bits per heavy atom. The molecule has 2 heteroatoms. The highest BCUT2D eigenvalue weighted by molar-refractivity contribution is 5.69. The van der Waals surface area contributed by atoms with Crippen molar-refractivity contribution in [2.45, 2.75) is 13.0 Å². The van der Waals surface area contributed by atoms with E-state index in [0.29, 0.717) is 0 Å². The number of benzene rings is 1. The summed E-state index contributed by atoms with van der Waals surface area (Å²) in [4.78, 5) is 4.18. The maximum atomic E-state index is 5.78. The quantitative estimate of drug-likeness (QED) is 0.552. The minimum Gasteiger partial charge on any atom is -0.398 e. The van der Waals surface area contributed by atoms with Crippen LogP contribution in [0.1, 0.15) is 11.1 Å². The van der Waals surface area contributed by atoms with Crippen molar-refractivity contribution in [3.05, 3.63) is 29.3 Å². The average Bonchev–Trinajstić information content (AvgIpc) is 2.06. The summed E-state index contributed by atoms with van der Waals surface area (Å²) in [5, 5.41) is 0. The van der Waals surface area contributed by atoms with Crippen molar-refractivity contribution < 1.29 is 0 Å². The van der Waals surface area contributed by atoms with Gasteiger partial charge in [0, 0.05) is 18.3 Å². The second-order valence-corrected chi connectivity index (χ2v) is 2.71. The first-order chi connectivity index (χ1) is 5.38. The number of rotatable bonds is 0. The van der Waals surface area contributed by atoms with E-state index in [9.17, 15) is 0 Å². The first kappa shape index (κ1) is 6.40. The third-order valence-corrected chi connectivity index (χ3v) is 2.00. The number of nitrogens with zero attached hydrogens (tertiary/aromatic N) is 1. The lowest BCUT2D eigenvalue weighted by atomic mass is 10.0. The first-order valence-corrected chi connectivity index (χ1v) is 3.72. The molecule has 2 rings (SSSR count). The minimum atomic E-state index is 0.792. The van der Waals surface area contributed by atoms with Gasteiger partial charge in [-0.2, -0.15) is 0 Å². The monoisotopic (exact) mass is 146 g/mol. The average molecular weight is 146 g/mol. The second kappa shape index (κ2) is 2.38. The van der Waals surface area contributed by atoms with Crippen molar-refractivity contribution in [3.63, 3.8) is 0 Å². The lowest BCUT2D eigenvalue weighted by Crippen LogP contribution is -2.04. The van der Waals surface area contributed by atoms with Crippen LogP contribution in [-0.4, -0.2) is 6.21 Å². The number of anilines is 1. The number of fused-ring (bicyclic) bond motifs is 1. The molecule has 2 nitrogen and oxygen atoms in total. The van der Waals surface area contributed by atoms with Crippen LogP contribution in [0.2, 0.25) is 0 Å². The van der Waals surface area contributed by atoms with Gasteiger partial charge >= 0.3 is 0 Å². The van der Waals surface area contributed by atoms with Gasteiger partial charge in [-0.3, -0.25) is 4.99 Å². The van der Waals surface area contributed by atoms with Gasteiger partial charge in [0.15, 0.2) is 0 Å². The van der Waals surface area contributed by atoms with E-state index in [-0.39, 0.29) is 0 Å². The number of hydrogen-bond acceptors (Lipinski definition) is 2. The van der Waals surface area contributed by atoms with E-state index in [1.165, 1.54) is 11.1 Å². The Balaban J connectivity index is 2.54. The third-order valence-electron chi connectivity index (χ3n) is 2.00. The smallest absolute Gasteiger partial charge is 0.0639 e. The highest BCUT2D eigenvalue weighted by Crippen LogP contribution is 2.20. The van der Waals surface area contributed by atoms with Gasteiger partial charge in [0.25, 0.3) is 0 Å². The van der Waals surface area contributed by atoms with Crippen LogP contribution in [0.25, 0.3) is 0 Å². The maximum Gasteiger partial charge on any atom is 0.0639 e. The van der Waals surface area contributed by atoms with E-state index in [1.807, 2.05) is 18.3 Å². The van der Waals surface area contributed by atoms with Crippen LogP contribution in [0.4, 0.5) is 5.69 Å². The van der Waals surface area contributed by atoms with E-state index in [0.717, 1.165) is 18.7 Å². The van der Waals surface area contributed by atoms with Crippen LogP contribution < -0.4 is 5.73 Å². The molecule has 1 aliphatic heterocycles. The van der Waals surface area contributed by atoms with E-state index < -0.39 is 0 Å². The third kappa shape index (κ3) is 1.00. The van der Waals surface area contributed by atoms with Crippen LogP contribution in [0.15, 0.2) is 23.2 Å². The highest BCUT2D eigenvalue weighted by Gasteiger charge is 2.06. The second-order valence-electron chi connectivity index (χ2n) is 2.71. The largest absolute Gasteiger partial charge is 0.398 e. The summed E-state index contributed by atoms with van der Waals surface area (Å²) >= 11 is 0. The summed E-state index contributed by atoms with van der Waals surface area (Å²) in [5.41, 5.74) is 9.20. The van der Waals surface area contributed by atoms with Crippen molar-refractivity contribution in [1.82, 2.24) is 0 Å². The summed E-state index contributed by atoms with van der Waals surface area (Å²) in [6, 6.07) is 6.01. The molecule has 0 bridgehead atoms. The first-order valence-electron chi connectivity index (χ1n) is 3.72. The molecule has 0 atom stereocenters. The lowest BCUT2D eigenvalue weighted by molar-refractivity contribution is 1.01. The van der Waals surface area contributed by atoms with Gasteiger partial charge in [-0.15, -0.1) is 0 Å². The fraction of sp³-hybridized carbons (Fsp3) is 0.222. The van der Waals surface area contributed by atoms with Gasteiger partial charge in [0.05, 0.1) is 6.54 Å². The molecule has 1 aromatic rings. The summed E-state index contributed by atoms with van der Waals surface area (Å²) in [5.74, 6) is 0. The summed E-state index contributed by atoms with van der Waals surface area (Å²) in [7, 11) is 0. The van der Waals surface area contributed by atoms with E-state index >= 15 is 0 Å². The normalized spacial score (nSPS) is 14.5. The molecule has 0 saturated heterocycles. The Labute approximate surface area is 65.8 Å². The van der Waals surface area contributed by atoms with E-state index in [4.69, 9.17) is 5.73 Å². The molecular weight excluding hydrogens is 136 g/mol. The fourth-order valence-corrected chi connectivity index (χ4v) is 1.37. The van der Waals surface area contributed by atoms with E-state index in [1.54, 1.807) is 0 Å². The molecule has 0 amide bonds. The standard InChI is InChI=1S/C9H10N2/c10-9-3-1-2-7-6-11-5-4-8(7)9/h1-3,5H,4,6,10H2. The molecule has 1 heterocycles. The SMILES string of the molecule is Nc1cccc2c1CC=NC2. The Morgan fingerprint density at radius 2 is 2.27 bits per heavy atom. The fourth-order valence-electron chi connectivity index (χ4n) is 1.37. The highest BCUT2D eigenvalue weighted by atomic mass is 14.7. The van der Waals surface area contributed by atoms with Crippen molar-refractivity contribution in [2.24, 2.45) is 4.99 Å². The minimum absolute atomic E-state index is 0.792. The molecule has 0 saturated carbocycles. The lowest BCUT2D eigenvalue weighted by Gasteiger charge is -2.11. The summed E-state index contributed by atoms with van der Waals surface area (Å²) < 4.78 is 0. The molecule has 11 heavy (non-hydrogen) atoms. The van der Waals surface area contributed by atoms with E-state index in [2.05, 4.69) is 11.1 Å². The molecule has 0 radical (unpaired) electrons. The predicted octanol–water partition coefficient (Wildman–Crippen LogP) is 1.40. The van der Waals surface area contributed by atoms with Gasteiger partial charge in [0.1, 0.15) is 0 Å². The van der Waals surface area contributed by atoms with Crippen molar-refractivity contribution in [1.29, 1.82) is 0 Å². The number of hydrogen-bond donors (Lipinski definition) is 1. The van der Waals surface area contributed by atoms with Gasteiger partial charge in [-0.05, 0) is 17.2 Å². The zero-order chi connectivity index (χ0) is 7.68. The van der Waals surface area contributed by atoms with Crippen LogP contribution in [0.5, 0.6) is 0 Å². The molecule has 0 fully saturated rings. The zero-order valence-electron chi connectivity index (χ0n) is 6.25. The predicted molar refractivity (Wildman–Crippen MR) is 46.8 cm³/mol. The summed E-state index contributed by atoms with van der Waals surface area (Å²) in [6.45, 7) is 0.792. The molecule has 1 aromatic carbocycles. The van der Waals surface area contributed by atoms with Crippen molar-refractivity contribution >= 4 is 11.9 Å².